The van der Waals surface area contributed by atoms with E-state index in [4.69, 9.17) is 0 Å². The van der Waals surface area contributed by atoms with Gasteiger partial charge < -0.3 is 20.0 Å². The van der Waals surface area contributed by atoms with Crippen LogP contribution in [-0.2, 0) is 6.54 Å². The highest BCUT2D eigenvalue weighted by Crippen LogP contribution is 2.19. The van der Waals surface area contributed by atoms with Crippen molar-refractivity contribution in [2.45, 2.75) is 26.4 Å². The molecule has 0 spiro atoms. The third-order valence-electron chi connectivity index (χ3n) is 4.17. The van der Waals surface area contributed by atoms with Crippen molar-refractivity contribution in [2.24, 2.45) is 0 Å². The highest BCUT2D eigenvalue weighted by Gasteiger charge is 2.15. The molecule has 1 atom stereocenters. The molecule has 1 N–H and O–H groups in total. The van der Waals surface area contributed by atoms with Crippen molar-refractivity contribution in [1.29, 1.82) is 0 Å². The second-order valence-electron chi connectivity index (χ2n) is 7.65. The molecule has 0 aliphatic rings. The smallest absolute Gasteiger partial charge is 0.253 e. The Morgan fingerprint density at radius 3 is 1.80 bits per heavy atom. The van der Waals surface area contributed by atoms with E-state index in [0.717, 1.165) is 17.7 Å². The van der Waals surface area contributed by atoms with Crippen LogP contribution < -0.4 is 5.32 Å². The van der Waals surface area contributed by atoms with Crippen LogP contribution in [0.3, 0.4) is 0 Å². The van der Waals surface area contributed by atoms with E-state index in [9.17, 15) is 4.79 Å². The van der Waals surface area contributed by atoms with E-state index >= 15 is 0 Å². The second-order valence-corrected chi connectivity index (χ2v) is 7.65. The molecule has 2 aromatic rings. The van der Waals surface area contributed by atoms with Gasteiger partial charge in [-0.2, -0.15) is 0 Å². The zero-order chi connectivity index (χ0) is 23.1. The molecule has 0 bridgehead atoms. The molecule has 5 heteroatoms. The summed E-state index contributed by atoms with van der Waals surface area (Å²) in [5.74, 6) is 0.0421. The standard InChI is InChI=1S/C20H27N3O.C3H9N.C2H6/c1-21-14-19(22(2)3)17-10-12-18(13-11-17)20(24)23(4)15-16-8-6-5-7-9-16;1-4(2)3;1-2/h5-13,19,21H,14-15H2,1-4H3;1-3H3;1-2H3. The maximum Gasteiger partial charge on any atom is 0.253 e. The SMILES string of the molecule is CC.CN(C)C.CNCC(c1ccc(C(=O)N(C)Cc2ccccc2)cc1)N(C)C. The molecule has 0 fully saturated rings. The minimum atomic E-state index is 0.0421. The van der Waals surface area contributed by atoms with Gasteiger partial charge in [0.1, 0.15) is 0 Å². The lowest BCUT2D eigenvalue weighted by molar-refractivity contribution is 0.0785. The fraction of sp³-hybridized carbons (Fsp3) is 0.480. The van der Waals surface area contributed by atoms with Gasteiger partial charge in [0.15, 0.2) is 0 Å². The predicted molar refractivity (Wildman–Crippen MR) is 130 cm³/mol. The summed E-state index contributed by atoms with van der Waals surface area (Å²) in [6.45, 7) is 5.48. The van der Waals surface area contributed by atoms with E-state index in [2.05, 4.69) is 24.3 Å². The number of likely N-dealkylation sites (N-methyl/N-ethyl adjacent to an activating group) is 2. The van der Waals surface area contributed by atoms with Crippen molar-refractivity contribution >= 4 is 5.91 Å². The molecule has 30 heavy (non-hydrogen) atoms. The summed E-state index contributed by atoms with van der Waals surface area (Å²) < 4.78 is 0. The Labute approximate surface area is 184 Å². The third-order valence-corrected chi connectivity index (χ3v) is 4.17. The summed E-state index contributed by atoms with van der Waals surface area (Å²) in [4.78, 5) is 18.5. The molecular formula is C25H42N4O. The fourth-order valence-electron chi connectivity index (χ4n) is 2.79. The van der Waals surface area contributed by atoms with Gasteiger partial charge in [-0.3, -0.25) is 4.79 Å². The van der Waals surface area contributed by atoms with Crippen molar-refractivity contribution in [3.8, 4) is 0 Å². The number of benzene rings is 2. The number of amides is 1. The minimum Gasteiger partial charge on any atom is -0.337 e. The molecule has 5 nitrogen and oxygen atoms in total. The molecule has 1 amide bonds. The van der Waals surface area contributed by atoms with Gasteiger partial charge in [0.2, 0.25) is 0 Å². The molecular weight excluding hydrogens is 372 g/mol. The lowest BCUT2D eigenvalue weighted by Crippen LogP contribution is -2.29. The van der Waals surface area contributed by atoms with E-state index in [1.165, 1.54) is 5.56 Å². The van der Waals surface area contributed by atoms with Gasteiger partial charge in [0, 0.05) is 31.7 Å². The van der Waals surface area contributed by atoms with Crippen molar-refractivity contribution in [2.75, 3.05) is 55.9 Å². The number of rotatable bonds is 7. The minimum absolute atomic E-state index is 0.0421. The number of nitrogens with one attached hydrogen (secondary N) is 1. The second kappa shape index (κ2) is 15.6. The van der Waals surface area contributed by atoms with Crippen LogP contribution in [0.1, 0.15) is 41.4 Å². The van der Waals surface area contributed by atoms with Crippen LogP contribution >= 0.6 is 0 Å². The van der Waals surface area contributed by atoms with Gasteiger partial charge in [0.25, 0.3) is 5.91 Å². The van der Waals surface area contributed by atoms with Crippen molar-refractivity contribution in [3.63, 3.8) is 0 Å². The molecule has 0 radical (unpaired) electrons. The van der Waals surface area contributed by atoms with Gasteiger partial charge in [-0.15, -0.1) is 0 Å². The number of carbonyl (C=O) groups is 1. The quantitative estimate of drug-likeness (QED) is 0.744. The Morgan fingerprint density at radius 2 is 1.37 bits per heavy atom. The summed E-state index contributed by atoms with van der Waals surface area (Å²) in [5.41, 5.74) is 3.06. The maximum absolute atomic E-state index is 12.6. The molecule has 2 aromatic carbocycles. The van der Waals surface area contributed by atoms with Crippen LogP contribution in [-0.4, -0.2) is 76.5 Å². The summed E-state index contributed by atoms with van der Waals surface area (Å²) in [5, 5.41) is 3.21. The molecule has 0 aromatic heterocycles. The van der Waals surface area contributed by atoms with Crippen LogP contribution in [0.2, 0.25) is 0 Å². The molecule has 0 saturated carbocycles. The largest absolute Gasteiger partial charge is 0.337 e. The molecule has 0 saturated heterocycles. The van der Waals surface area contributed by atoms with E-state index in [1.807, 2.05) is 109 Å². The lowest BCUT2D eigenvalue weighted by atomic mass is 10.0. The highest BCUT2D eigenvalue weighted by molar-refractivity contribution is 5.94. The Hall–Kier alpha value is -2.21. The maximum atomic E-state index is 12.6. The molecule has 0 aliphatic carbocycles. The monoisotopic (exact) mass is 414 g/mol. The first-order valence-electron chi connectivity index (χ1n) is 10.6. The van der Waals surface area contributed by atoms with E-state index in [-0.39, 0.29) is 5.91 Å². The molecule has 0 heterocycles. The van der Waals surface area contributed by atoms with Crippen LogP contribution in [0.15, 0.2) is 54.6 Å². The predicted octanol–water partition coefficient (Wildman–Crippen LogP) is 3.98. The first kappa shape index (κ1) is 27.8. The van der Waals surface area contributed by atoms with Crippen LogP contribution in [0.4, 0.5) is 0 Å². The summed E-state index contributed by atoms with van der Waals surface area (Å²) in [6, 6.07) is 18.3. The molecule has 2 rings (SSSR count). The van der Waals surface area contributed by atoms with Gasteiger partial charge >= 0.3 is 0 Å². The zero-order valence-electron chi connectivity index (χ0n) is 20.4. The van der Waals surface area contributed by atoms with Crippen LogP contribution in [0, 0.1) is 0 Å². The first-order chi connectivity index (χ1) is 14.3. The van der Waals surface area contributed by atoms with Crippen molar-refractivity contribution in [3.05, 3.63) is 71.3 Å². The number of carbonyl (C=O) groups excluding carboxylic acids is 1. The molecule has 1 unspecified atom stereocenters. The van der Waals surface area contributed by atoms with Gasteiger partial charge in [-0.25, -0.2) is 0 Å². The number of hydrogen-bond donors (Lipinski definition) is 1. The first-order valence-corrected chi connectivity index (χ1v) is 10.6. The molecule has 168 valence electrons. The van der Waals surface area contributed by atoms with E-state index in [0.29, 0.717) is 12.6 Å². The average Bonchev–Trinajstić information content (AvgIpc) is 2.73. The van der Waals surface area contributed by atoms with E-state index in [1.54, 1.807) is 4.90 Å². The zero-order valence-corrected chi connectivity index (χ0v) is 20.4. The Bertz CT molecular complexity index is 681. The number of hydrogen-bond acceptors (Lipinski definition) is 4. The Morgan fingerprint density at radius 1 is 0.867 bits per heavy atom. The van der Waals surface area contributed by atoms with Gasteiger partial charge in [-0.05, 0) is 65.5 Å². The Balaban J connectivity index is 0.00000125. The topological polar surface area (TPSA) is 38.8 Å². The van der Waals surface area contributed by atoms with Crippen LogP contribution in [0.5, 0.6) is 0 Å². The molecule has 0 aliphatic heterocycles. The average molecular weight is 415 g/mol. The summed E-state index contributed by atoms with van der Waals surface area (Å²) in [7, 11) is 13.9. The normalized spacial score (nSPS) is 11.2. The number of nitrogens with zero attached hydrogens (tertiary/aromatic N) is 3. The van der Waals surface area contributed by atoms with Crippen LogP contribution in [0.25, 0.3) is 0 Å². The van der Waals surface area contributed by atoms with Gasteiger partial charge in [0.05, 0.1) is 0 Å². The lowest BCUT2D eigenvalue weighted by Gasteiger charge is -2.25. The highest BCUT2D eigenvalue weighted by atomic mass is 16.2. The third kappa shape index (κ3) is 10.5. The van der Waals surface area contributed by atoms with E-state index < -0.39 is 0 Å². The van der Waals surface area contributed by atoms with Gasteiger partial charge in [-0.1, -0.05) is 56.3 Å². The van der Waals surface area contributed by atoms with Crippen molar-refractivity contribution < 1.29 is 4.79 Å². The van der Waals surface area contributed by atoms with Crippen molar-refractivity contribution in [1.82, 2.24) is 20.0 Å². The fourth-order valence-corrected chi connectivity index (χ4v) is 2.79. The Kier molecular flexibility index (Phi) is 14.5. The summed E-state index contributed by atoms with van der Waals surface area (Å²) >= 11 is 0. The summed E-state index contributed by atoms with van der Waals surface area (Å²) in [6.07, 6.45) is 0.